The number of amides is 2. The molecule has 0 aromatic heterocycles. The van der Waals surface area contributed by atoms with E-state index in [1.54, 1.807) is 12.0 Å². The molecule has 1 saturated heterocycles. The predicted molar refractivity (Wildman–Crippen MR) is 59.9 cm³/mol. The van der Waals surface area contributed by atoms with Crippen LogP contribution < -0.4 is 5.32 Å². The van der Waals surface area contributed by atoms with Crippen LogP contribution in [0.1, 0.15) is 26.7 Å². The van der Waals surface area contributed by atoms with E-state index in [1.807, 2.05) is 13.8 Å². The van der Waals surface area contributed by atoms with Gasteiger partial charge in [-0.25, -0.2) is 0 Å². The molecular formula is C11H20N2O3. The van der Waals surface area contributed by atoms with Crippen molar-refractivity contribution in [3.63, 3.8) is 0 Å². The molecule has 1 fully saturated rings. The molecule has 1 aliphatic heterocycles. The van der Waals surface area contributed by atoms with Crippen LogP contribution >= 0.6 is 0 Å². The summed E-state index contributed by atoms with van der Waals surface area (Å²) in [5.41, 5.74) is 0. The maximum absolute atomic E-state index is 11.8. The number of ether oxygens (including phenoxy) is 1. The van der Waals surface area contributed by atoms with E-state index in [4.69, 9.17) is 4.74 Å². The normalized spacial score (nSPS) is 23.9. The minimum atomic E-state index is -0.0534. The lowest BCUT2D eigenvalue weighted by Crippen LogP contribution is -2.45. The van der Waals surface area contributed by atoms with Gasteiger partial charge in [-0.1, -0.05) is 0 Å². The van der Waals surface area contributed by atoms with Crippen LogP contribution in [-0.4, -0.2) is 49.1 Å². The van der Waals surface area contributed by atoms with E-state index in [-0.39, 0.29) is 30.4 Å². The molecule has 0 aromatic rings. The third-order valence-corrected chi connectivity index (χ3v) is 2.90. The van der Waals surface area contributed by atoms with Crippen LogP contribution in [0.25, 0.3) is 0 Å². The van der Waals surface area contributed by atoms with E-state index < -0.39 is 0 Å². The molecule has 0 bridgehead atoms. The van der Waals surface area contributed by atoms with Crippen molar-refractivity contribution >= 4 is 11.8 Å². The van der Waals surface area contributed by atoms with Crippen LogP contribution in [0, 0.1) is 0 Å². The van der Waals surface area contributed by atoms with Crippen LogP contribution in [0.5, 0.6) is 0 Å². The highest BCUT2D eigenvalue weighted by atomic mass is 16.5. The zero-order chi connectivity index (χ0) is 12.1. The summed E-state index contributed by atoms with van der Waals surface area (Å²) in [6.07, 6.45) is 1.17. The van der Waals surface area contributed by atoms with Gasteiger partial charge in [-0.15, -0.1) is 0 Å². The van der Waals surface area contributed by atoms with Gasteiger partial charge in [0.1, 0.15) is 0 Å². The van der Waals surface area contributed by atoms with Gasteiger partial charge >= 0.3 is 0 Å². The van der Waals surface area contributed by atoms with Crippen LogP contribution in [0.15, 0.2) is 0 Å². The molecule has 92 valence electrons. The highest BCUT2D eigenvalue weighted by Gasteiger charge is 2.29. The monoisotopic (exact) mass is 228 g/mol. The fraction of sp³-hybridized carbons (Fsp3) is 0.818. The second kappa shape index (κ2) is 5.84. The second-order valence-electron chi connectivity index (χ2n) is 4.26. The minimum Gasteiger partial charge on any atom is -0.385 e. The Morgan fingerprint density at radius 1 is 1.56 bits per heavy atom. The summed E-state index contributed by atoms with van der Waals surface area (Å²) in [6, 6.07) is 0.0667. The highest BCUT2D eigenvalue weighted by Crippen LogP contribution is 2.14. The number of rotatable bonds is 4. The Bertz CT molecular complexity index is 268. The average Bonchev–Trinajstić information content (AvgIpc) is 2.34. The van der Waals surface area contributed by atoms with Gasteiger partial charge in [-0.3, -0.25) is 9.59 Å². The Balaban J connectivity index is 2.66. The van der Waals surface area contributed by atoms with Crippen molar-refractivity contribution in [2.24, 2.45) is 0 Å². The van der Waals surface area contributed by atoms with Gasteiger partial charge in [0, 0.05) is 32.2 Å². The summed E-state index contributed by atoms with van der Waals surface area (Å²) < 4.78 is 5.01. The standard InChI is InChI=1S/C11H20N2O3/c1-8(4-5-16-3)13-9(2)6-10(14)12-7-11(13)15/h8-9H,4-7H2,1-3H3,(H,12,14). The molecule has 0 aromatic carbocycles. The first-order valence-corrected chi connectivity index (χ1v) is 5.63. The first-order chi connectivity index (χ1) is 7.56. The van der Waals surface area contributed by atoms with Crippen LogP contribution in [0.4, 0.5) is 0 Å². The summed E-state index contributed by atoms with van der Waals surface area (Å²) in [4.78, 5) is 24.9. The minimum absolute atomic E-state index is 0.0121. The van der Waals surface area contributed by atoms with E-state index in [9.17, 15) is 9.59 Å². The third-order valence-electron chi connectivity index (χ3n) is 2.90. The fourth-order valence-electron chi connectivity index (χ4n) is 2.06. The maximum Gasteiger partial charge on any atom is 0.242 e. The van der Waals surface area contributed by atoms with Crippen molar-refractivity contribution in [3.8, 4) is 0 Å². The molecule has 1 aliphatic rings. The lowest BCUT2D eigenvalue weighted by molar-refractivity contribution is -0.134. The fourth-order valence-corrected chi connectivity index (χ4v) is 2.06. The van der Waals surface area contributed by atoms with Gasteiger partial charge in [0.05, 0.1) is 6.54 Å². The van der Waals surface area contributed by atoms with Crippen molar-refractivity contribution in [1.29, 1.82) is 0 Å². The molecule has 0 radical (unpaired) electrons. The first kappa shape index (κ1) is 13.0. The molecule has 2 atom stereocenters. The van der Waals surface area contributed by atoms with Crippen LogP contribution in [0.2, 0.25) is 0 Å². The van der Waals surface area contributed by atoms with Crippen LogP contribution in [0.3, 0.4) is 0 Å². The van der Waals surface area contributed by atoms with Crippen LogP contribution in [-0.2, 0) is 14.3 Å². The summed E-state index contributed by atoms with van der Waals surface area (Å²) in [7, 11) is 1.64. The number of hydrogen-bond acceptors (Lipinski definition) is 3. The molecule has 1 rings (SSSR count). The van der Waals surface area contributed by atoms with E-state index in [0.29, 0.717) is 13.0 Å². The summed E-state index contributed by atoms with van der Waals surface area (Å²) in [5, 5.41) is 2.60. The van der Waals surface area contributed by atoms with Gasteiger partial charge in [-0.05, 0) is 20.3 Å². The molecule has 0 aliphatic carbocycles. The Hall–Kier alpha value is -1.10. The maximum atomic E-state index is 11.8. The molecular weight excluding hydrogens is 208 g/mol. The second-order valence-corrected chi connectivity index (χ2v) is 4.26. The molecule has 2 amide bonds. The number of hydrogen-bond donors (Lipinski definition) is 1. The van der Waals surface area contributed by atoms with E-state index in [1.165, 1.54) is 0 Å². The molecule has 2 unspecified atom stereocenters. The van der Waals surface area contributed by atoms with Crippen molar-refractivity contribution in [3.05, 3.63) is 0 Å². The Morgan fingerprint density at radius 3 is 2.88 bits per heavy atom. The van der Waals surface area contributed by atoms with Crippen molar-refractivity contribution in [1.82, 2.24) is 10.2 Å². The lowest BCUT2D eigenvalue weighted by atomic mass is 10.1. The largest absolute Gasteiger partial charge is 0.385 e. The van der Waals surface area contributed by atoms with Gasteiger partial charge in [-0.2, -0.15) is 0 Å². The van der Waals surface area contributed by atoms with E-state index in [0.717, 1.165) is 6.42 Å². The Kier molecular flexibility index (Phi) is 4.73. The number of nitrogens with one attached hydrogen (secondary N) is 1. The molecule has 1 heterocycles. The zero-order valence-electron chi connectivity index (χ0n) is 10.2. The lowest BCUT2D eigenvalue weighted by Gasteiger charge is -2.32. The summed E-state index contributed by atoms with van der Waals surface area (Å²) >= 11 is 0. The van der Waals surface area contributed by atoms with Crippen molar-refractivity contribution < 1.29 is 14.3 Å². The predicted octanol–water partition coefficient (Wildman–Crippen LogP) is 0.148. The Labute approximate surface area is 96.1 Å². The van der Waals surface area contributed by atoms with Crippen molar-refractivity contribution in [2.75, 3.05) is 20.3 Å². The van der Waals surface area contributed by atoms with Crippen molar-refractivity contribution in [2.45, 2.75) is 38.8 Å². The first-order valence-electron chi connectivity index (χ1n) is 5.63. The van der Waals surface area contributed by atoms with Gasteiger partial charge in [0.2, 0.25) is 11.8 Å². The summed E-state index contributed by atoms with van der Waals surface area (Å²) in [5.74, 6) is -0.0655. The third kappa shape index (κ3) is 3.20. The molecule has 0 saturated carbocycles. The van der Waals surface area contributed by atoms with Gasteiger partial charge < -0.3 is 15.0 Å². The van der Waals surface area contributed by atoms with E-state index in [2.05, 4.69) is 5.32 Å². The highest BCUT2D eigenvalue weighted by molar-refractivity contribution is 5.87. The SMILES string of the molecule is COCCC(C)N1C(=O)CNC(=O)CC1C. The number of methoxy groups -OCH3 is 1. The molecule has 5 heteroatoms. The van der Waals surface area contributed by atoms with Gasteiger partial charge in [0.15, 0.2) is 0 Å². The Morgan fingerprint density at radius 2 is 2.25 bits per heavy atom. The quantitative estimate of drug-likeness (QED) is 0.745. The van der Waals surface area contributed by atoms with E-state index >= 15 is 0 Å². The van der Waals surface area contributed by atoms with Gasteiger partial charge in [0.25, 0.3) is 0 Å². The smallest absolute Gasteiger partial charge is 0.242 e. The average molecular weight is 228 g/mol. The number of nitrogens with zero attached hydrogens (tertiary/aromatic N) is 1. The number of carbonyl (C=O) groups is 2. The topological polar surface area (TPSA) is 58.6 Å². The molecule has 1 N–H and O–H groups in total. The molecule has 16 heavy (non-hydrogen) atoms. The molecule has 5 nitrogen and oxygen atoms in total. The summed E-state index contributed by atoms with van der Waals surface area (Å²) in [6.45, 7) is 4.63. The zero-order valence-corrected chi connectivity index (χ0v) is 10.2. The molecule has 0 spiro atoms. The number of carbonyl (C=O) groups excluding carboxylic acids is 2.